The van der Waals surface area contributed by atoms with Crippen LogP contribution in [0.25, 0.3) is 0 Å². The molecule has 20 heavy (non-hydrogen) atoms. The quantitative estimate of drug-likeness (QED) is 0.823. The number of halogens is 1. The number of amides is 1. The second kappa shape index (κ2) is 6.65. The summed E-state index contributed by atoms with van der Waals surface area (Å²) >= 11 is 0. The number of aryl methyl sites for hydroxylation is 1. The molecule has 1 amide bonds. The van der Waals surface area contributed by atoms with Crippen molar-refractivity contribution in [2.45, 2.75) is 12.8 Å². The van der Waals surface area contributed by atoms with E-state index in [4.69, 9.17) is 4.42 Å². The van der Waals surface area contributed by atoms with Gasteiger partial charge in [0.1, 0.15) is 11.6 Å². The molecule has 1 heterocycles. The van der Waals surface area contributed by atoms with Gasteiger partial charge in [-0.25, -0.2) is 4.39 Å². The fourth-order valence-corrected chi connectivity index (χ4v) is 1.70. The van der Waals surface area contributed by atoms with Gasteiger partial charge in [0.15, 0.2) is 5.78 Å². The van der Waals surface area contributed by atoms with E-state index in [-0.39, 0.29) is 24.7 Å². The van der Waals surface area contributed by atoms with Crippen LogP contribution in [0.1, 0.15) is 22.5 Å². The molecule has 2 rings (SSSR count). The molecule has 0 radical (unpaired) electrons. The predicted octanol–water partition coefficient (Wildman–Crippen LogP) is 2.35. The smallest absolute Gasteiger partial charge is 0.220 e. The molecule has 0 fully saturated rings. The van der Waals surface area contributed by atoms with Gasteiger partial charge < -0.3 is 9.73 Å². The third kappa shape index (κ3) is 4.05. The van der Waals surface area contributed by atoms with Crippen LogP contribution in [0.15, 0.2) is 47.1 Å². The van der Waals surface area contributed by atoms with Crippen molar-refractivity contribution < 1.29 is 18.4 Å². The normalized spacial score (nSPS) is 10.2. The lowest BCUT2D eigenvalue weighted by molar-refractivity contribution is -0.120. The molecule has 1 N–H and O–H groups in total. The Morgan fingerprint density at radius 3 is 2.55 bits per heavy atom. The summed E-state index contributed by atoms with van der Waals surface area (Å²) in [7, 11) is 0. The zero-order valence-corrected chi connectivity index (χ0v) is 10.8. The molecule has 0 aliphatic rings. The standard InChI is InChI=1S/C15H14FNO3/c16-12-5-3-11(4-6-12)14(18)10-17-15(19)8-7-13-2-1-9-20-13/h1-6,9H,7-8,10H2,(H,17,19). The van der Waals surface area contributed by atoms with E-state index in [2.05, 4.69) is 5.32 Å². The Bertz CT molecular complexity index is 576. The first-order valence-electron chi connectivity index (χ1n) is 6.23. The molecule has 0 spiro atoms. The summed E-state index contributed by atoms with van der Waals surface area (Å²) in [6.45, 7) is -0.0946. The third-order valence-corrected chi connectivity index (χ3v) is 2.79. The van der Waals surface area contributed by atoms with Crippen molar-refractivity contribution >= 4 is 11.7 Å². The molecule has 4 nitrogen and oxygen atoms in total. The molecule has 0 atom stereocenters. The lowest BCUT2D eigenvalue weighted by Gasteiger charge is -2.04. The molecular formula is C15H14FNO3. The number of Topliss-reactive ketones (excluding diaryl/α,β-unsaturated/α-hetero) is 1. The number of hydrogen-bond donors (Lipinski definition) is 1. The lowest BCUT2D eigenvalue weighted by atomic mass is 10.1. The Hall–Kier alpha value is -2.43. The summed E-state index contributed by atoms with van der Waals surface area (Å²) in [5.74, 6) is -0.151. The average Bonchev–Trinajstić information content (AvgIpc) is 2.96. The number of benzene rings is 1. The predicted molar refractivity (Wildman–Crippen MR) is 70.8 cm³/mol. The summed E-state index contributed by atoms with van der Waals surface area (Å²) in [5.41, 5.74) is 0.373. The fraction of sp³-hybridized carbons (Fsp3) is 0.200. The molecule has 0 saturated heterocycles. The molecule has 5 heteroatoms. The van der Waals surface area contributed by atoms with Crippen molar-refractivity contribution in [3.8, 4) is 0 Å². The van der Waals surface area contributed by atoms with E-state index in [1.54, 1.807) is 18.4 Å². The number of rotatable bonds is 6. The maximum atomic E-state index is 12.7. The number of hydrogen-bond acceptors (Lipinski definition) is 3. The average molecular weight is 275 g/mol. The molecular weight excluding hydrogens is 261 g/mol. The third-order valence-electron chi connectivity index (χ3n) is 2.79. The molecule has 104 valence electrons. The summed E-state index contributed by atoms with van der Waals surface area (Å²) in [6, 6.07) is 8.76. The van der Waals surface area contributed by atoms with Crippen LogP contribution in [-0.2, 0) is 11.2 Å². The first-order chi connectivity index (χ1) is 9.65. The molecule has 0 saturated carbocycles. The SMILES string of the molecule is O=C(CCc1ccco1)NCC(=O)c1ccc(F)cc1. The largest absolute Gasteiger partial charge is 0.469 e. The van der Waals surface area contributed by atoms with Crippen molar-refractivity contribution in [1.82, 2.24) is 5.32 Å². The van der Waals surface area contributed by atoms with Crippen LogP contribution in [0.3, 0.4) is 0 Å². The van der Waals surface area contributed by atoms with Gasteiger partial charge in [0.25, 0.3) is 0 Å². The van der Waals surface area contributed by atoms with Gasteiger partial charge in [0.05, 0.1) is 12.8 Å². The maximum absolute atomic E-state index is 12.7. The van der Waals surface area contributed by atoms with Gasteiger partial charge in [-0.1, -0.05) is 0 Å². The minimum atomic E-state index is -0.399. The lowest BCUT2D eigenvalue weighted by Crippen LogP contribution is -2.29. The highest BCUT2D eigenvalue weighted by molar-refractivity contribution is 5.99. The number of nitrogens with one attached hydrogen (secondary N) is 1. The van der Waals surface area contributed by atoms with Gasteiger partial charge >= 0.3 is 0 Å². The van der Waals surface area contributed by atoms with Crippen molar-refractivity contribution in [1.29, 1.82) is 0 Å². The van der Waals surface area contributed by atoms with Crippen LogP contribution < -0.4 is 5.32 Å². The zero-order valence-electron chi connectivity index (χ0n) is 10.8. The van der Waals surface area contributed by atoms with E-state index >= 15 is 0 Å². The number of ketones is 1. The van der Waals surface area contributed by atoms with E-state index < -0.39 is 5.82 Å². The molecule has 0 aliphatic carbocycles. The van der Waals surface area contributed by atoms with Crippen LogP contribution in [-0.4, -0.2) is 18.2 Å². The molecule has 1 aromatic carbocycles. The van der Waals surface area contributed by atoms with E-state index in [9.17, 15) is 14.0 Å². The topological polar surface area (TPSA) is 59.3 Å². The zero-order chi connectivity index (χ0) is 14.4. The maximum Gasteiger partial charge on any atom is 0.220 e. The van der Waals surface area contributed by atoms with Crippen LogP contribution in [0.5, 0.6) is 0 Å². The van der Waals surface area contributed by atoms with Crippen LogP contribution in [0.2, 0.25) is 0 Å². The summed E-state index contributed by atoms with van der Waals surface area (Å²) in [5, 5.41) is 2.53. The minimum Gasteiger partial charge on any atom is -0.469 e. The first kappa shape index (κ1) is 14.0. The van der Waals surface area contributed by atoms with Gasteiger partial charge in [0, 0.05) is 18.4 Å². The summed E-state index contributed by atoms with van der Waals surface area (Å²) in [4.78, 5) is 23.3. The second-order valence-corrected chi connectivity index (χ2v) is 4.29. The number of carbonyl (C=O) groups excluding carboxylic acids is 2. The van der Waals surface area contributed by atoms with Gasteiger partial charge in [-0.15, -0.1) is 0 Å². The van der Waals surface area contributed by atoms with Crippen molar-refractivity contribution in [2.24, 2.45) is 0 Å². The van der Waals surface area contributed by atoms with E-state index in [1.807, 2.05) is 0 Å². The van der Waals surface area contributed by atoms with Crippen LogP contribution in [0.4, 0.5) is 4.39 Å². The fourth-order valence-electron chi connectivity index (χ4n) is 1.70. The molecule has 0 unspecified atom stereocenters. The highest BCUT2D eigenvalue weighted by Gasteiger charge is 2.09. The molecule has 0 aliphatic heterocycles. The molecule has 0 bridgehead atoms. The molecule has 2 aromatic rings. The number of carbonyl (C=O) groups is 2. The monoisotopic (exact) mass is 275 g/mol. The Morgan fingerprint density at radius 2 is 1.90 bits per heavy atom. The Morgan fingerprint density at radius 1 is 1.15 bits per heavy atom. The van der Waals surface area contributed by atoms with Crippen molar-refractivity contribution in [3.05, 3.63) is 59.8 Å². The van der Waals surface area contributed by atoms with Crippen molar-refractivity contribution in [2.75, 3.05) is 6.54 Å². The van der Waals surface area contributed by atoms with Crippen molar-refractivity contribution in [3.63, 3.8) is 0 Å². The first-order valence-corrected chi connectivity index (χ1v) is 6.23. The van der Waals surface area contributed by atoms with E-state index in [0.29, 0.717) is 12.0 Å². The highest BCUT2D eigenvalue weighted by Crippen LogP contribution is 2.04. The molecule has 1 aromatic heterocycles. The summed E-state index contributed by atoms with van der Waals surface area (Å²) < 4.78 is 17.8. The summed E-state index contributed by atoms with van der Waals surface area (Å²) in [6.07, 6.45) is 2.29. The Kier molecular flexibility index (Phi) is 4.65. The van der Waals surface area contributed by atoms with E-state index in [0.717, 1.165) is 5.76 Å². The second-order valence-electron chi connectivity index (χ2n) is 4.29. The van der Waals surface area contributed by atoms with Crippen LogP contribution >= 0.6 is 0 Å². The Labute approximate surface area is 115 Å². The van der Waals surface area contributed by atoms with Gasteiger partial charge in [-0.05, 0) is 36.4 Å². The minimum absolute atomic E-state index is 0.0946. The Balaban J connectivity index is 1.75. The van der Waals surface area contributed by atoms with Gasteiger partial charge in [-0.3, -0.25) is 9.59 Å². The highest BCUT2D eigenvalue weighted by atomic mass is 19.1. The van der Waals surface area contributed by atoms with E-state index in [1.165, 1.54) is 24.3 Å². The van der Waals surface area contributed by atoms with Gasteiger partial charge in [0.2, 0.25) is 5.91 Å². The number of furan rings is 1. The van der Waals surface area contributed by atoms with Gasteiger partial charge in [-0.2, -0.15) is 0 Å². The van der Waals surface area contributed by atoms with Crippen LogP contribution in [0, 0.1) is 5.82 Å².